The molecule has 110 valence electrons. The molecule has 4 nitrogen and oxygen atoms in total. The van der Waals surface area contributed by atoms with Gasteiger partial charge in [-0.2, -0.15) is 0 Å². The van der Waals surface area contributed by atoms with Crippen molar-refractivity contribution in [3.05, 3.63) is 0 Å². The average molecular weight is 268 g/mol. The number of hydrogen-bond acceptors (Lipinski definition) is 3. The van der Waals surface area contributed by atoms with Gasteiger partial charge in [-0.15, -0.1) is 0 Å². The van der Waals surface area contributed by atoms with Gasteiger partial charge in [-0.1, -0.05) is 13.8 Å². The Morgan fingerprint density at radius 1 is 1.37 bits per heavy atom. The molecule has 0 aromatic heterocycles. The Morgan fingerprint density at radius 2 is 2.05 bits per heavy atom. The molecule has 1 heterocycles. The molecular formula is C15H28N2O2. The van der Waals surface area contributed by atoms with E-state index >= 15 is 0 Å². The smallest absolute Gasteiger partial charge is 0.323 e. The highest BCUT2D eigenvalue weighted by molar-refractivity contribution is 5.78. The van der Waals surface area contributed by atoms with E-state index in [-0.39, 0.29) is 0 Å². The van der Waals surface area contributed by atoms with Gasteiger partial charge in [0.25, 0.3) is 0 Å². The van der Waals surface area contributed by atoms with Gasteiger partial charge in [-0.25, -0.2) is 0 Å². The molecule has 0 aromatic carbocycles. The second kappa shape index (κ2) is 5.41. The van der Waals surface area contributed by atoms with Crippen LogP contribution in [0.15, 0.2) is 0 Å². The fourth-order valence-electron chi connectivity index (χ4n) is 4.00. The number of piperidine rings is 1. The summed E-state index contributed by atoms with van der Waals surface area (Å²) in [5, 5.41) is 9.34. The van der Waals surface area contributed by atoms with Crippen LogP contribution >= 0.6 is 0 Å². The van der Waals surface area contributed by atoms with Crippen LogP contribution in [0.4, 0.5) is 0 Å². The summed E-state index contributed by atoms with van der Waals surface area (Å²) >= 11 is 0. The summed E-state index contributed by atoms with van der Waals surface area (Å²) in [6.07, 6.45) is 4.52. The first-order valence-corrected chi connectivity index (χ1v) is 7.61. The monoisotopic (exact) mass is 268 g/mol. The minimum atomic E-state index is -1.01. The molecule has 0 amide bonds. The van der Waals surface area contributed by atoms with E-state index in [2.05, 4.69) is 25.7 Å². The SMILES string of the molecule is CC1CC(C)C(C)N(C2CCCC(N)(C(=O)O)C2)C1. The van der Waals surface area contributed by atoms with Crippen LogP contribution in [0.3, 0.4) is 0 Å². The number of carbonyl (C=O) groups is 1. The van der Waals surface area contributed by atoms with Gasteiger partial charge in [0.05, 0.1) is 0 Å². The molecule has 2 aliphatic rings. The van der Waals surface area contributed by atoms with E-state index in [0.717, 1.165) is 19.4 Å². The maximum atomic E-state index is 11.4. The Morgan fingerprint density at radius 3 is 2.68 bits per heavy atom. The number of carboxylic acids is 1. The van der Waals surface area contributed by atoms with Crippen LogP contribution in [0.1, 0.15) is 52.9 Å². The molecule has 1 aliphatic carbocycles. The van der Waals surface area contributed by atoms with Gasteiger partial charge in [-0.05, 0) is 50.9 Å². The van der Waals surface area contributed by atoms with E-state index in [1.165, 1.54) is 6.42 Å². The number of rotatable bonds is 2. The lowest BCUT2D eigenvalue weighted by Gasteiger charge is -2.48. The van der Waals surface area contributed by atoms with E-state index < -0.39 is 11.5 Å². The Labute approximate surface area is 116 Å². The zero-order valence-corrected chi connectivity index (χ0v) is 12.4. The predicted octanol–water partition coefficient (Wildman–Crippen LogP) is 2.08. The Kier molecular flexibility index (Phi) is 4.21. The number of nitrogens with zero attached hydrogens (tertiary/aromatic N) is 1. The molecule has 1 saturated heterocycles. The fourth-order valence-corrected chi connectivity index (χ4v) is 4.00. The Bertz CT molecular complexity index is 347. The second-order valence-electron chi connectivity index (χ2n) is 6.97. The van der Waals surface area contributed by atoms with Gasteiger partial charge in [0, 0.05) is 18.6 Å². The second-order valence-corrected chi connectivity index (χ2v) is 6.97. The lowest BCUT2D eigenvalue weighted by atomic mass is 9.76. The molecule has 0 radical (unpaired) electrons. The van der Waals surface area contributed by atoms with Crippen molar-refractivity contribution in [2.45, 2.75) is 70.5 Å². The van der Waals surface area contributed by atoms with Crippen LogP contribution in [0.5, 0.6) is 0 Å². The lowest BCUT2D eigenvalue weighted by molar-refractivity contribution is -0.146. The minimum Gasteiger partial charge on any atom is -0.480 e. The number of hydrogen-bond donors (Lipinski definition) is 2. The highest BCUT2D eigenvalue weighted by atomic mass is 16.4. The minimum absolute atomic E-state index is 0.343. The van der Waals surface area contributed by atoms with Gasteiger partial charge in [-0.3, -0.25) is 9.69 Å². The molecule has 0 aromatic rings. The highest BCUT2D eigenvalue weighted by Gasteiger charge is 2.43. The Hall–Kier alpha value is -0.610. The van der Waals surface area contributed by atoms with Gasteiger partial charge >= 0.3 is 5.97 Å². The lowest BCUT2D eigenvalue weighted by Crippen LogP contribution is -2.59. The molecule has 1 aliphatic heterocycles. The van der Waals surface area contributed by atoms with Crippen molar-refractivity contribution in [2.24, 2.45) is 17.6 Å². The van der Waals surface area contributed by atoms with Gasteiger partial charge in [0.1, 0.15) is 5.54 Å². The van der Waals surface area contributed by atoms with Crippen LogP contribution < -0.4 is 5.73 Å². The first-order valence-electron chi connectivity index (χ1n) is 7.61. The molecule has 0 spiro atoms. The third-order valence-corrected chi connectivity index (χ3v) is 5.30. The average Bonchev–Trinajstić information content (AvgIpc) is 2.33. The molecular weight excluding hydrogens is 240 g/mol. The largest absolute Gasteiger partial charge is 0.480 e. The number of likely N-dealkylation sites (tertiary alicyclic amines) is 1. The zero-order chi connectivity index (χ0) is 14.2. The molecule has 5 unspecified atom stereocenters. The van der Waals surface area contributed by atoms with Crippen molar-refractivity contribution in [1.29, 1.82) is 0 Å². The Balaban J connectivity index is 2.10. The molecule has 1 saturated carbocycles. The normalized spacial score (nSPS) is 45.1. The van der Waals surface area contributed by atoms with Crippen molar-refractivity contribution in [3.63, 3.8) is 0 Å². The summed E-state index contributed by atoms with van der Waals surface area (Å²) in [6, 6.07) is 0.882. The van der Waals surface area contributed by atoms with Crippen molar-refractivity contribution >= 4 is 5.97 Å². The molecule has 2 fully saturated rings. The summed E-state index contributed by atoms with van der Waals surface area (Å²) in [5.41, 5.74) is 5.08. The van der Waals surface area contributed by atoms with Crippen LogP contribution in [-0.4, -0.2) is 40.1 Å². The molecule has 3 N–H and O–H groups in total. The molecule has 4 heteroatoms. The number of nitrogens with two attached hydrogens (primary N) is 1. The van der Waals surface area contributed by atoms with Gasteiger partial charge in [0.2, 0.25) is 0 Å². The van der Waals surface area contributed by atoms with Crippen LogP contribution in [0.25, 0.3) is 0 Å². The summed E-state index contributed by atoms with van der Waals surface area (Å²) in [4.78, 5) is 13.9. The third-order valence-electron chi connectivity index (χ3n) is 5.30. The first kappa shape index (κ1) is 14.8. The highest BCUT2D eigenvalue weighted by Crippen LogP contribution is 2.35. The summed E-state index contributed by atoms with van der Waals surface area (Å²) in [7, 11) is 0. The molecule has 5 atom stereocenters. The molecule has 2 rings (SSSR count). The third kappa shape index (κ3) is 2.95. The fraction of sp³-hybridized carbons (Fsp3) is 0.933. The van der Waals surface area contributed by atoms with E-state index in [0.29, 0.717) is 36.8 Å². The quantitative estimate of drug-likeness (QED) is 0.804. The van der Waals surface area contributed by atoms with E-state index in [4.69, 9.17) is 5.73 Å². The van der Waals surface area contributed by atoms with Crippen molar-refractivity contribution in [3.8, 4) is 0 Å². The van der Waals surface area contributed by atoms with Crippen LogP contribution in [0.2, 0.25) is 0 Å². The van der Waals surface area contributed by atoms with Crippen molar-refractivity contribution in [1.82, 2.24) is 4.90 Å². The maximum Gasteiger partial charge on any atom is 0.323 e. The molecule has 0 bridgehead atoms. The van der Waals surface area contributed by atoms with Gasteiger partial charge in [0.15, 0.2) is 0 Å². The van der Waals surface area contributed by atoms with E-state index in [9.17, 15) is 9.90 Å². The van der Waals surface area contributed by atoms with Crippen LogP contribution in [-0.2, 0) is 4.79 Å². The summed E-state index contributed by atoms with van der Waals surface area (Å²) in [5.74, 6) is 0.552. The molecule has 19 heavy (non-hydrogen) atoms. The van der Waals surface area contributed by atoms with E-state index in [1.54, 1.807) is 0 Å². The zero-order valence-electron chi connectivity index (χ0n) is 12.4. The summed E-state index contributed by atoms with van der Waals surface area (Å²) in [6.45, 7) is 7.98. The van der Waals surface area contributed by atoms with Crippen molar-refractivity contribution < 1.29 is 9.90 Å². The van der Waals surface area contributed by atoms with E-state index in [1.807, 2.05) is 0 Å². The predicted molar refractivity (Wildman–Crippen MR) is 75.9 cm³/mol. The topological polar surface area (TPSA) is 66.6 Å². The van der Waals surface area contributed by atoms with Crippen LogP contribution in [0, 0.1) is 11.8 Å². The summed E-state index contributed by atoms with van der Waals surface area (Å²) < 4.78 is 0. The van der Waals surface area contributed by atoms with Crippen molar-refractivity contribution in [2.75, 3.05) is 6.54 Å². The maximum absolute atomic E-state index is 11.4. The van der Waals surface area contributed by atoms with Gasteiger partial charge < -0.3 is 10.8 Å². The standard InChI is InChI=1S/C15H28N2O2/c1-10-7-11(2)12(3)17(9-10)13-5-4-6-15(16,8-13)14(18)19/h10-13H,4-9,16H2,1-3H3,(H,18,19). The number of aliphatic carboxylic acids is 1. The first-order chi connectivity index (χ1) is 8.83. The number of carboxylic acid groups (broad SMARTS) is 1.